The van der Waals surface area contributed by atoms with Crippen LogP contribution in [0.1, 0.15) is 4.88 Å². The number of thioether (sulfide) groups is 1. The van der Waals surface area contributed by atoms with Gasteiger partial charge in [-0.2, -0.15) is 0 Å². The maximum atomic E-state index is 11.8. The summed E-state index contributed by atoms with van der Waals surface area (Å²) in [6.45, 7) is 0.660. The summed E-state index contributed by atoms with van der Waals surface area (Å²) in [5.41, 5.74) is 1.57. The first-order valence-electron chi connectivity index (χ1n) is 6.59. The summed E-state index contributed by atoms with van der Waals surface area (Å²) in [7, 11) is 0. The van der Waals surface area contributed by atoms with Crippen LogP contribution in [-0.4, -0.2) is 23.2 Å². The summed E-state index contributed by atoms with van der Waals surface area (Å²) in [5.74, 6) is 0.316. The van der Waals surface area contributed by atoms with E-state index in [1.807, 2.05) is 35.7 Å². The summed E-state index contributed by atoms with van der Waals surface area (Å²) < 4.78 is 5.56. The second-order valence-electron chi connectivity index (χ2n) is 4.42. The molecule has 3 rings (SSSR count). The first-order valence-corrected chi connectivity index (χ1v) is 8.45. The lowest BCUT2D eigenvalue weighted by molar-refractivity contribution is -0.118. The molecule has 0 bridgehead atoms. The Hall–Kier alpha value is -1.79. The van der Waals surface area contributed by atoms with Gasteiger partial charge in [0.2, 0.25) is 5.91 Å². The highest BCUT2D eigenvalue weighted by atomic mass is 32.2. The molecule has 2 heterocycles. The van der Waals surface area contributed by atoms with Crippen molar-refractivity contribution in [2.45, 2.75) is 11.6 Å². The van der Waals surface area contributed by atoms with Crippen LogP contribution in [0.4, 0.5) is 0 Å². The van der Waals surface area contributed by atoms with E-state index in [-0.39, 0.29) is 5.91 Å². The van der Waals surface area contributed by atoms with Crippen LogP contribution in [0.2, 0.25) is 0 Å². The number of fused-ring (bicyclic) bond motifs is 1. The minimum absolute atomic E-state index is 0.00110. The monoisotopic (exact) mass is 318 g/mol. The van der Waals surface area contributed by atoms with Gasteiger partial charge in [0, 0.05) is 11.4 Å². The van der Waals surface area contributed by atoms with E-state index in [2.05, 4.69) is 16.4 Å². The zero-order valence-electron chi connectivity index (χ0n) is 11.2. The fourth-order valence-electron chi connectivity index (χ4n) is 1.87. The smallest absolute Gasteiger partial charge is 0.257 e. The van der Waals surface area contributed by atoms with Gasteiger partial charge in [0.25, 0.3) is 5.22 Å². The van der Waals surface area contributed by atoms with Crippen molar-refractivity contribution >= 4 is 40.1 Å². The molecular weight excluding hydrogens is 304 g/mol. The predicted molar refractivity (Wildman–Crippen MR) is 85.8 cm³/mol. The SMILES string of the molecule is O=C(CSc1nc2ccccc2o1)NCCc1cccs1. The van der Waals surface area contributed by atoms with Crippen LogP contribution in [0.25, 0.3) is 11.1 Å². The van der Waals surface area contributed by atoms with Crippen LogP contribution >= 0.6 is 23.1 Å². The summed E-state index contributed by atoms with van der Waals surface area (Å²) in [6.07, 6.45) is 0.872. The number of hydrogen-bond donors (Lipinski definition) is 1. The molecule has 3 aromatic rings. The van der Waals surface area contributed by atoms with Crippen molar-refractivity contribution in [3.63, 3.8) is 0 Å². The van der Waals surface area contributed by atoms with Crippen molar-refractivity contribution in [3.05, 3.63) is 46.7 Å². The third kappa shape index (κ3) is 3.86. The third-order valence-corrected chi connectivity index (χ3v) is 4.64. The number of nitrogens with zero attached hydrogens (tertiary/aromatic N) is 1. The fraction of sp³-hybridized carbons (Fsp3) is 0.200. The largest absolute Gasteiger partial charge is 0.431 e. The molecule has 1 N–H and O–H groups in total. The zero-order valence-corrected chi connectivity index (χ0v) is 12.9. The first kappa shape index (κ1) is 14.2. The van der Waals surface area contributed by atoms with Gasteiger partial charge >= 0.3 is 0 Å². The maximum Gasteiger partial charge on any atom is 0.257 e. The molecular formula is C15H14N2O2S2. The normalized spacial score (nSPS) is 10.9. The molecule has 21 heavy (non-hydrogen) atoms. The third-order valence-electron chi connectivity index (χ3n) is 2.87. The number of rotatable bonds is 6. The molecule has 0 radical (unpaired) electrons. The van der Waals surface area contributed by atoms with Gasteiger partial charge in [0.05, 0.1) is 5.75 Å². The van der Waals surface area contributed by atoms with Crippen molar-refractivity contribution in [2.75, 3.05) is 12.3 Å². The predicted octanol–water partition coefficient (Wildman–Crippen LogP) is 3.34. The van der Waals surface area contributed by atoms with Gasteiger partial charge in [-0.3, -0.25) is 4.79 Å². The highest BCUT2D eigenvalue weighted by molar-refractivity contribution is 7.99. The van der Waals surface area contributed by atoms with Crippen LogP contribution in [0.3, 0.4) is 0 Å². The van der Waals surface area contributed by atoms with Crippen molar-refractivity contribution in [1.82, 2.24) is 10.3 Å². The number of hydrogen-bond acceptors (Lipinski definition) is 5. The van der Waals surface area contributed by atoms with E-state index in [0.717, 1.165) is 17.5 Å². The van der Waals surface area contributed by atoms with E-state index in [1.54, 1.807) is 11.3 Å². The van der Waals surface area contributed by atoms with Gasteiger partial charge in [0.1, 0.15) is 5.52 Å². The highest BCUT2D eigenvalue weighted by Gasteiger charge is 2.08. The molecule has 0 aliphatic rings. The van der Waals surface area contributed by atoms with Crippen molar-refractivity contribution in [2.24, 2.45) is 0 Å². The Kier molecular flexibility index (Phi) is 4.57. The number of carbonyl (C=O) groups excluding carboxylic acids is 1. The second-order valence-corrected chi connectivity index (χ2v) is 6.37. The van der Waals surface area contributed by atoms with E-state index in [4.69, 9.17) is 4.42 Å². The standard InChI is InChI=1S/C15H14N2O2S2/c18-14(16-8-7-11-4-3-9-20-11)10-21-15-17-12-5-1-2-6-13(12)19-15/h1-6,9H,7-8,10H2,(H,16,18). The Morgan fingerprint density at radius 3 is 3.00 bits per heavy atom. The van der Waals surface area contributed by atoms with Gasteiger partial charge in [-0.15, -0.1) is 11.3 Å². The van der Waals surface area contributed by atoms with E-state index in [1.165, 1.54) is 16.6 Å². The molecule has 0 unspecified atom stereocenters. The Bertz CT molecular complexity index is 689. The van der Waals surface area contributed by atoms with Crippen LogP contribution < -0.4 is 5.32 Å². The minimum Gasteiger partial charge on any atom is -0.431 e. The number of thiophene rings is 1. The lowest BCUT2D eigenvalue weighted by Gasteiger charge is -2.02. The van der Waals surface area contributed by atoms with Gasteiger partial charge in [-0.1, -0.05) is 30.0 Å². The van der Waals surface area contributed by atoms with Crippen molar-refractivity contribution in [1.29, 1.82) is 0 Å². The molecule has 0 fully saturated rings. The molecule has 0 atom stereocenters. The lowest BCUT2D eigenvalue weighted by Crippen LogP contribution is -2.27. The van der Waals surface area contributed by atoms with Crippen LogP contribution in [0.5, 0.6) is 0 Å². The molecule has 0 spiro atoms. The average molecular weight is 318 g/mol. The molecule has 6 heteroatoms. The van der Waals surface area contributed by atoms with Crippen molar-refractivity contribution in [3.8, 4) is 0 Å². The van der Waals surface area contributed by atoms with Crippen LogP contribution in [0, 0.1) is 0 Å². The molecule has 2 aromatic heterocycles. The molecule has 4 nitrogen and oxygen atoms in total. The van der Waals surface area contributed by atoms with E-state index in [0.29, 0.717) is 17.5 Å². The Labute approximate surface area is 130 Å². The molecule has 108 valence electrons. The Morgan fingerprint density at radius 1 is 1.29 bits per heavy atom. The number of amides is 1. The van der Waals surface area contributed by atoms with E-state index < -0.39 is 0 Å². The molecule has 0 saturated carbocycles. The van der Waals surface area contributed by atoms with Crippen LogP contribution in [-0.2, 0) is 11.2 Å². The van der Waals surface area contributed by atoms with E-state index >= 15 is 0 Å². The number of para-hydroxylation sites is 2. The summed E-state index contributed by atoms with van der Waals surface area (Å²) in [6, 6.07) is 11.7. The average Bonchev–Trinajstić information content (AvgIpc) is 3.13. The molecule has 1 amide bonds. The molecule has 0 aliphatic carbocycles. The summed E-state index contributed by atoms with van der Waals surface area (Å²) in [4.78, 5) is 17.4. The number of benzene rings is 1. The number of carbonyl (C=O) groups is 1. The Morgan fingerprint density at radius 2 is 2.19 bits per heavy atom. The molecule has 1 aromatic carbocycles. The summed E-state index contributed by atoms with van der Waals surface area (Å²) in [5, 5.41) is 5.48. The maximum absolute atomic E-state index is 11.8. The quantitative estimate of drug-likeness (QED) is 0.708. The second kappa shape index (κ2) is 6.78. The van der Waals surface area contributed by atoms with Gasteiger partial charge in [0.15, 0.2) is 5.58 Å². The molecule has 0 saturated heterocycles. The van der Waals surface area contributed by atoms with Gasteiger partial charge in [-0.05, 0) is 30.0 Å². The molecule has 0 aliphatic heterocycles. The minimum atomic E-state index is -0.00110. The fourth-order valence-corrected chi connectivity index (χ4v) is 3.25. The number of nitrogens with one attached hydrogen (secondary N) is 1. The number of oxazole rings is 1. The lowest BCUT2D eigenvalue weighted by atomic mass is 10.3. The highest BCUT2D eigenvalue weighted by Crippen LogP contribution is 2.22. The van der Waals surface area contributed by atoms with E-state index in [9.17, 15) is 4.79 Å². The number of aromatic nitrogens is 1. The summed E-state index contributed by atoms with van der Waals surface area (Å²) >= 11 is 3.02. The van der Waals surface area contributed by atoms with Crippen molar-refractivity contribution < 1.29 is 9.21 Å². The zero-order chi connectivity index (χ0) is 14.5. The van der Waals surface area contributed by atoms with Crippen LogP contribution in [0.15, 0.2) is 51.4 Å². The first-order chi connectivity index (χ1) is 10.3. The van der Waals surface area contributed by atoms with Gasteiger partial charge < -0.3 is 9.73 Å². The Balaban J connectivity index is 1.44. The topological polar surface area (TPSA) is 55.1 Å². The van der Waals surface area contributed by atoms with Gasteiger partial charge in [-0.25, -0.2) is 4.98 Å².